The lowest BCUT2D eigenvalue weighted by molar-refractivity contribution is -0.171. The number of hydrogen-bond donors (Lipinski definition) is 1. The first-order chi connectivity index (χ1) is 8.08. The van der Waals surface area contributed by atoms with E-state index < -0.39 is 17.4 Å². The Labute approximate surface area is 101 Å². The van der Waals surface area contributed by atoms with Crippen molar-refractivity contribution in [2.24, 2.45) is 5.41 Å². The summed E-state index contributed by atoms with van der Waals surface area (Å²) in [4.78, 5) is 23.8. The van der Waals surface area contributed by atoms with Crippen LogP contribution in [0.1, 0.15) is 26.7 Å². The van der Waals surface area contributed by atoms with Gasteiger partial charge in [-0.15, -0.1) is 6.58 Å². The molecule has 0 unspecified atom stereocenters. The van der Waals surface area contributed by atoms with E-state index in [1.165, 1.54) is 6.08 Å². The van der Waals surface area contributed by atoms with Crippen LogP contribution < -0.4 is 0 Å². The first kappa shape index (κ1) is 15.3. The molecular weight excluding hydrogens is 222 g/mol. The number of carbonyl (C=O) groups is 2. The molecule has 0 fully saturated rings. The second-order valence-corrected chi connectivity index (χ2v) is 3.42. The van der Waals surface area contributed by atoms with Crippen LogP contribution >= 0.6 is 0 Å². The number of hydrogen-bond acceptors (Lipinski definition) is 5. The van der Waals surface area contributed by atoms with E-state index in [0.29, 0.717) is 0 Å². The molecule has 1 N–H and O–H groups in total. The SMILES string of the molecule is C=CCC(CC=N)(C(=O)OCC)C(=O)OCC. The van der Waals surface area contributed by atoms with E-state index in [1.807, 2.05) is 0 Å². The largest absolute Gasteiger partial charge is 0.465 e. The predicted octanol–water partition coefficient (Wildman–Crippen LogP) is 1.71. The van der Waals surface area contributed by atoms with Gasteiger partial charge in [-0.25, -0.2) is 0 Å². The van der Waals surface area contributed by atoms with Crippen LogP contribution in [0.2, 0.25) is 0 Å². The second-order valence-electron chi connectivity index (χ2n) is 3.42. The summed E-state index contributed by atoms with van der Waals surface area (Å²) in [5.41, 5.74) is -1.46. The van der Waals surface area contributed by atoms with Crippen molar-refractivity contribution in [3.05, 3.63) is 12.7 Å². The average molecular weight is 241 g/mol. The predicted molar refractivity (Wildman–Crippen MR) is 63.9 cm³/mol. The molecular formula is C12H19NO4. The second kappa shape index (κ2) is 7.60. The zero-order chi connectivity index (χ0) is 13.3. The molecule has 5 heteroatoms. The summed E-state index contributed by atoms with van der Waals surface area (Å²) < 4.78 is 9.78. The number of allylic oxidation sites excluding steroid dienone is 1. The van der Waals surface area contributed by atoms with Crippen LogP contribution in [0.3, 0.4) is 0 Å². The van der Waals surface area contributed by atoms with Crippen LogP contribution in [0, 0.1) is 10.8 Å². The van der Waals surface area contributed by atoms with Gasteiger partial charge < -0.3 is 14.9 Å². The molecule has 17 heavy (non-hydrogen) atoms. The monoisotopic (exact) mass is 241 g/mol. The van der Waals surface area contributed by atoms with E-state index in [0.717, 1.165) is 6.21 Å². The highest BCUT2D eigenvalue weighted by molar-refractivity contribution is 6.02. The van der Waals surface area contributed by atoms with Crippen molar-refractivity contribution >= 4 is 18.2 Å². The first-order valence-corrected chi connectivity index (χ1v) is 5.53. The van der Waals surface area contributed by atoms with Gasteiger partial charge in [-0.2, -0.15) is 0 Å². The highest BCUT2D eigenvalue weighted by Crippen LogP contribution is 2.30. The summed E-state index contributed by atoms with van der Waals surface area (Å²) >= 11 is 0. The minimum atomic E-state index is -1.46. The fraction of sp³-hybridized carbons (Fsp3) is 0.583. The average Bonchev–Trinajstić information content (AvgIpc) is 2.29. The van der Waals surface area contributed by atoms with Crippen molar-refractivity contribution in [2.45, 2.75) is 26.7 Å². The lowest BCUT2D eigenvalue weighted by Gasteiger charge is -2.26. The van der Waals surface area contributed by atoms with Gasteiger partial charge >= 0.3 is 11.9 Å². The quantitative estimate of drug-likeness (QED) is 0.304. The van der Waals surface area contributed by atoms with Gasteiger partial charge in [0, 0.05) is 6.42 Å². The van der Waals surface area contributed by atoms with E-state index in [-0.39, 0.29) is 26.1 Å². The van der Waals surface area contributed by atoms with Crippen LogP contribution in [-0.4, -0.2) is 31.4 Å². The van der Waals surface area contributed by atoms with Gasteiger partial charge in [0.2, 0.25) is 0 Å². The molecule has 0 aromatic rings. The Bertz CT molecular complexity index is 269. The summed E-state index contributed by atoms with van der Waals surface area (Å²) in [6, 6.07) is 0. The maximum Gasteiger partial charge on any atom is 0.324 e. The van der Waals surface area contributed by atoms with Gasteiger partial charge in [-0.1, -0.05) is 6.08 Å². The minimum absolute atomic E-state index is 0.0450. The fourth-order valence-electron chi connectivity index (χ4n) is 1.46. The molecule has 0 aromatic carbocycles. The first-order valence-electron chi connectivity index (χ1n) is 5.53. The van der Waals surface area contributed by atoms with Gasteiger partial charge in [-0.05, 0) is 26.5 Å². The Morgan fingerprint density at radius 1 is 1.18 bits per heavy atom. The van der Waals surface area contributed by atoms with Crippen LogP contribution in [0.4, 0.5) is 0 Å². The summed E-state index contributed by atoms with van der Waals surface area (Å²) in [5, 5.41) is 7.11. The molecule has 0 heterocycles. The molecule has 0 bridgehead atoms. The molecule has 5 nitrogen and oxygen atoms in total. The normalized spacial score (nSPS) is 10.5. The third kappa shape index (κ3) is 3.69. The molecule has 0 aliphatic carbocycles. The lowest BCUT2D eigenvalue weighted by Crippen LogP contribution is -2.42. The third-order valence-corrected chi connectivity index (χ3v) is 2.28. The van der Waals surface area contributed by atoms with Crippen molar-refractivity contribution in [2.75, 3.05) is 13.2 Å². The highest BCUT2D eigenvalue weighted by atomic mass is 16.6. The maximum absolute atomic E-state index is 11.9. The number of nitrogens with one attached hydrogen (secondary N) is 1. The Morgan fingerprint density at radius 3 is 1.94 bits per heavy atom. The van der Waals surface area contributed by atoms with Crippen molar-refractivity contribution in [3.63, 3.8) is 0 Å². The van der Waals surface area contributed by atoms with Crippen molar-refractivity contribution < 1.29 is 19.1 Å². The Balaban J connectivity index is 5.23. The zero-order valence-corrected chi connectivity index (χ0v) is 10.3. The maximum atomic E-state index is 11.9. The van der Waals surface area contributed by atoms with Gasteiger partial charge in [0.1, 0.15) is 0 Å². The highest BCUT2D eigenvalue weighted by Gasteiger charge is 2.47. The molecule has 0 saturated carbocycles. The van der Waals surface area contributed by atoms with Crippen molar-refractivity contribution in [1.82, 2.24) is 0 Å². The Morgan fingerprint density at radius 2 is 1.65 bits per heavy atom. The van der Waals surface area contributed by atoms with Crippen LogP contribution in [0.15, 0.2) is 12.7 Å². The van der Waals surface area contributed by atoms with Crippen LogP contribution in [0.25, 0.3) is 0 Å². The molecule has 0 amide bonds. The Kier molecular flexibility index (Phi) is 6.86. The summed E-state index contributed by atoms with van der Waals surface area (Å²) in [6.07, 6.45) is 2.52. The summed E-state index contributed by atoms with van der Waals surface area (Å²) in [7, 11) is 0. The van der Waals surface area contributed by atoms with Gasteiger partial charge in [0.05, 0.1) is 13.2 Å². The minimum Gasteiger partial charge on any atom is -0.465 e. The molecule has 0 atom stereocenters. The van der Waals surface area contributed by atoms with Crippen LogP contribution in [0.5, 0.6) is 0 Å². The van der Waals surface area contributed by atoms with E-state index in [1.54, 1.807) is 13.8 Å². The van der Waals surface area contributed by atoms with E-state index in [9.17, 15) is 9.59 Å². The molecule has 0 radical (unpaired) electrons. The molecule has 0 saturated heterocycles. The van der Waals surface area contributed by atoms with E-state index >= 15 is 0 Å². The Hall–Kier alpha value is -1.65. The third-order valence-electron chi connectivity index (χ3n) is 2.28. The molecule has 0 aliphatic heterocycles. The topological polar surface area (TPSA) is 76.5 Å². The summed E-state index contributed by atoms with van der Waals surface area (Å²) in [5.74, 6) is -1.33. The van der Waals surface area contributed by atoms with Crippen molar-refractivity contribution in [3.8, 4) is 0 Å². The number of rotatable bonds is 8. The zero-order valence-electron chi connectivity index (χ0n) is 10.3. The summed E-state index contributed by atoms with van der Waals surface area (Å²) in [6.45, 7) is 7.19. The smallest absolute Gasteiger partial charge is 0.324 e. The van der Waals surface area contributed by atoms with Gasteiger partial charge in [0.15, 0.2) is 5.41 Å². The molecule has 96 valence electrons. The van der Waals surface area contributed by atoms with E-state index in [4.69, 9.17) is 14.9 Å². The van der Waals surface area contributed by atoms with Gasteiger partial charge in [0.25, 0.3) is 0 Å². The fourth-order valence-corrected chi connectivity index (χ4v) is 1.46. The van der Waals surface area contributed by atoms with Crippen molar-refractivity contribution in [1.29, 1.82) is 5.41 Å². The number of ether oxygens (including phenoxy) is 2. The molecule has 0 spiro atoms. The van der Waals surface area contributed by atoms with Crippen LogP contribution in [-0.2, 0) is 19.1 Å². The number of carbonyl (C=O) groups excluding carboxylic acids is 2. The standard InChI is InChI=1S/C12H19NO4/c1-4-7-12(8-9-13,10(14)16-5-2)11(15)17-6-3/h4,9,13H,1,5-8H2,2-3H3. The molecule has 0 rings (SSSR count). The molecule has 0 aromatic heterocycles. The number of esters is 2. The van der Waals surface area contributed by atoms with Gasteiger partial charge in [-0.3, -0.25) is 9.59 Å². The molecule has 0 aliphatic rings. The lowest BCUT2D eigenvalue weighted by atomic mass is 9.81. The van der Waals surface area contributed by atoms with E-state index in [2.05, 4.69) is 6.58 Å².